The van der Waals surface area contributed by atoms with Gasteiger partial charge < -0.3 is 21.1 Å². The zero-order valence-corrected chi connectivity index (χ0v) is 12.0. The maximum Gasteiger partial charge on any atom is 0.323 e. The van der Waals surface area contributed by atoms with E-state index in [-0.39, 0.29) is 13.0 Å². The van der Waals surface area contributed by atoms with Gasteiger partial charge in [-0.15, -0.1) is 11.3 Å². The molecule has 2 rings (SSSR count). The molecule has 2 heterocycles. The summed E-state index contributed by atoms with van der Waals surface area (Å²) in [6.45, 7) is 1.58. The number of thiazole rings is 1. The van der Waals surface area contributed by atoms with Crippen LogP contribution in [0, 0.1) is 0 Å². The Kier molecular flexibility index (Phi) is 4.09. The standard InChI is InChI=1S/C11H15N5O4S/c1-6(7(12)17)16-4-2-11(20,8(16)18)15-9(19)14-10-13-3-5-21-10/h3,5-6,20H,2,4H2,1H3,(H2,12,17)(H2,13,14,15,19). The number of nitrogens with two attached hydrogens (primary N) is 1. The molecule has 21 heavy (non-hydrogen) atoms. The second-order valence-corrected chi connectivity index (χ2v) is 5.50. The van der Waals surface area contributed by atoms with Crippen LogP contribution in [0.3, 0.4) is 0 Å². The second kappa shape index (κ2) is 5.66. The van der Waals surface area contributed by atoms with E-state index in [1.165, 1.54) is 24.5 Å². The maximum atomic E-state index is 12.1. The number of anilines is 1. The number of hydrogen-bond acceptors (Lipinski definition) is 6. The van der Waals surface area contributed by atoms with Gasteiger partial charge in [0, 0.05) is 24.5 Å². The minimum absolute atomic E-state index is 0.0330. The van der Waals surface area contributed by atoms with Crippen LogP contribution in [0.2, 0.25) is 0 Å². The number of likely N-dealkylation sites (tertiary alicyclic amines) is 1. The monoisotopic (exact) mass is 313 g/mol. The Hall–Kier alpha value is -2.20. The number of aromatic nitrogens is 1. The first-order valence-corrected chi connectivity index (χ1v) is 7.03. The molecule has 2 atom stereocenters. The molecule has 1 fully saturated rings. The lowest BCUT2D eigenvalue weighted by molar-refractivity contribution is -0.148. The highest BCUT2D eigenvalue weighted by atomic mass is 32.1. The van der Waals surface area contributed by atoms with E-state index in [1.807, 2.05) is 0 Å². The predicted octanol–water partition coefficient (Wildman–Crippen LogP) is -0.941. The van der Waals surface area contributed by atoms with Gasteiger partial charge in [0.15, 0.2) is 5.13 Å². The number of rotatable bonds is 4. The summed E-state index contributed by atoms with van der Waals surface area (Å²) in [4.78, 5) is 40.0. The van der Waals surface area contributed by atoms with Crippen LogP contribution >= 0.6 is 11.3 Å². The fourth-order valence-corrected chi connectivity index (χ4v) is 2.49. The summed E-state index contributed by atoms with van der Waals surface area (Å²) in [6, 6.07) is -1.61. The molecular formula is C11H15N5O4S. The van der Waals surface area contributed by atoms with E-state index in [0.29, 0.717) is 5.13 Å². The first-order valence-electron chi connectivity index (χ1n) is 6.15. The average molecular weight is 313 g/mol. The lowest BCUT2D eigenvalue weighted by Gasteiger charge is -2.25. The summed E-state index contributed by atoms with van der Waals surface area (Å²) in [5.74, 6) is -1.44. The average Bonchev–Trinajstić information content (AvgIpc) is 2.99. The van der Waals surface area contributed by atoms with Crippen molar-refractivity contribution in [3.63, 3.8) is 0 Å². The van der Waals surface area contributed by atoms with Gasteiger partial charge in [-0.05, 0) is 6.92 Å². The molecule has 4 amide bonds. The van der Waals surface area contributed by atoms with Gasteiger partial charge in [-0.25, -0.2) is 9.78 Å². The topological polar surface area (TPSA) is 138 Å². The molecule has 9 nitrogen and oxygen atoms in total. The van der Waals surface area contributed by atoms with Gasteiger partial charge in [0.25, 0.3) is 5.91 Å². The minimum atomic E-state index is -2.05. The van der Waals surface area contributed by atoms with Gasteiger partial charge in [-0.3, -0.25) is 14.9 Å². The van der Waals surface area contributed by atoms with Crippen molar-refractivity contribution >= 4 is 34.3 Å². The van der Waals surface area contributed by atoms with E-state index >= 15 is 0 Å². The number of aliphatic hydroxyl groups is 1. The maximum absolute atomic E-state index is 12.1. The molecule has 114 valence electrons. The third-order valence-electron chi connectivity index (χ3n) is 3.18. The van der Waals surface area contributed by atoms with Crippen LogP contribution in [0.25, 0.3) is 0 Å². The number of carbonyl (C=O) groups is 3. The van der Waals surface area contributed by atoms with Gasteiger partial charge in [0.05, 0.1) is 0 Å². The molecule has 2 unspecified atom stereocenters. The SMILES string of the molecule is CC(C(N)=O)N1CCC(O)(NC(=O)Nc2nccs2)C1=O. The van der Waals surface area contributed by atoms with Gasteiger partial charge in [0.1, 0.15) is 6.04 Å². The minimum Gasteiger partial charge on any atom is -0.368 e. The van der Waals surface area contributed by atoms with E-state index in [1.54, 1.807) is 5.38 Å². The van der Waals surface area contributed by atoms with Crippen LogP contribution in [0.15, 0.2) is 11.6 Å². The van der Waals surface area contributed by atoms with Crippen molar-refractivity contribution in [2.75, 3.05) is 11.9 Å². The van der Waals surface area contributed by atoms with Crippen molar-refractivity contribution in [3.8, 4) is 0 Å². The number of urea groups is 1. The number of hydrogen-bond donors (Lipinski definition) is 4. The summed E-state index contributed by atoms with van der Waals surface area (Å²) in [7, 11) is 0. The molecule has 1 aliphatic rings. The summed E-state index contributed by atoms with van der Waals surface area (Å²) in [6.07, 6.45) is 1.47. The molecule has 0 aromatic carbocycles. The molecule has 0 radical (unpaired) electrons. The number of nitrogens with zero attached hydrogens (tertiary/aromatic N) is 2. The van der Waals surface area contributed by atoms with Crippen LogP contribution in [0.4, 0.5) is 9.93 Å². The zero-order valence-electron chi connectivity index (χ0n) is 11.2. The first kappa shape index (κ1) is 15.2. The van der Waals surface area contributed by atoms with Crippen LogP contribution in [-0.4, -0.2) is 51.1 Å². The van der Waals surface area contributed by atoms with E-state index in [0.717, 1.165) is 4.90 Å². The Labute approximate surface area is 124 Å². The molecular weight excluding hydrogens is 298 g/mol. The van der Waals surface area contributed by atoms with Gasteiger partial charge in [0.2, 0.25) is 11.6 Å². The van der Waals surface area contributed by atoms with Crippen molar-refractivity contribution in [2.24, 2.45) is 5.73 Å². The van der Waals surface area contributed by atoms with Crippen LogP contribution in [-0.2, 0) is 9.59 Å². The largest absolute Gasteiger partial charge is 0.368 e. The number of carbonyl (C=O) groups excluding carboxylic acids is 3. The number of nitrogens with one attached hydrogen (secondary N) is 2. The molecule has 10 heteroatoms. The van der Waals surface area contributed by atoms with Crippen molar-refractivity contribution in [1.82, 2.24) is 15.2 Å². The fourth-order valence-electron chi connectivity index (χ4n) is 1.97. The molecule has 0 aliphatic carbocycles. The molecule has 1 aromatic heterocycles. The Morgan fingerprint density at radius 2 is 2.33 bits per heavy atom. The molecule has 0 bridgehead atoms. The fraction of sp³-hybridized carbons (Fsp3) is 0.455. The summed E-state index contributed by atoms with van der Waals surface area (Å²) < 4.78 is 0. The Morgan fingerprint density at radius 1 is 1.62 bits per heavy atom. The lowest BCUT2D eigenvalue weighted by Crippen LogP contribution is -2.57. The number of primary amides is 1. The van der Waals surface area contributed by atoms with Crippen molar-refractivity contribution in [2.45, 2.75) is 25.1 Å². The molecule has 0 saturated carbocycles. The van der Waals surface area contributed by atoms with Crippen molar-refractivity contribution in [1.29, 1.82) is 0 Å². The summed E-state index contributed by atoms with van der Waals surface area (Å²) in [5.41, 5.74) is 3.09. The van der Waals surface area contributed by atoms with Gasteiger partial charge >= 0.3 is 6.03 Å². The summed E-state index contributed by atoms with van der Waals surface area (Å²) >= 11 is 1.20. The zero-order chi connectivity index (χ0) is 15.6. The Balaban J connectivity index is 2.01. The smallest absolute Gasteiger partial charge is 0.323 e. The second-order valence-electron chi connectivity index (χ2n) is 4.60. The Morgan fingerprint density at radius 3 is 2.90 bits per heavy atom. The van der Waals surface area contributed by atoms with Crippen LogP contribution in [0.5, 0.6) is 0 Å². The van der Waals surface area contributed by atoms with Crippen LogP contribution < -0.4 is 16.4 Å². The molecule has 0 spiro atoms. The van der Waals surface area contributed by atoms with Crippen molar-refractivity contribution in [3.05, 3.63) is 11.6 Å². The summed E-state index contributed by atoms with van der Waals surface area (Å²) in [5, 5.41) is 16.8. The molecule has 1 saturated heterocycles. The highest BCUT2D eigenvalue weighted by Gasteiger charge is 2.48. The normalized spacial score (nSPS) is 23.0. The van der Waals surface area contributed by atoms with E-state index in [9.17, 15) is 19.5 Å². The quantitative estimate of drug-likeness (QED) is 0.531. The van der Waals surface area contributed by atoms with E-state index in [2.05, 4.69) is 15.6 Å². The van der Waals surface area contributed by atoms with Gasteiger partial charge in [-0.2, -0.15) is 0 Å². The van der Waals surface area contributed by atoms with Crippen molar-refractivity contribution < 1.29 is 19.5 Å². The third kappa shape index (κ3) is 3.11. The van der Waals surface area contributed by atoms with Gasteiger partial charge in [-0.1, -0.05) is 0 Å². The molecule has 1 aliphatic heterocycles. The first-order chi connectivity index (χ1) is 9.83. The van der Waals surface area contributed by atoms with E-state index < -0.39 is 29.6 Å². The lowest BCUT2D eigenvalue weighted by atomic mass is 10.2. The molecule has 5 N–H and O–H groups in total. The Bertz CT molecular complexity index is 563. The highest BCUT2D eigenvalue weighted by Crippen LogP contribution is 2.22. The highest BCUT2D eigenvalue weighted by molar-refractivity contribution is 7.13. The number of amides is 4. The van der Waals surface area contributed by atoms with Crippen LogP contribution in [0.1, 0.15) is 13.3 Å². The third-order valence-corrected chi connectivity index (χ3v) is 3.87. The predicted molar refractivity (Wildman–Crippen MR) is 74.2 cm³/mol. The van der Waals surface area contributed by atoms with E-state index in [4.69, 9.17) is 5.73 Å². The molecule has 1 aromatic rings.